The molecular weight excluding hydrogens is 236 g/mol. The zero-order chi connectivity index (χ0) is 13.6. The lowest BCUT2D eigenvalue weighted by Crippen LogP contribution is -2.39. The van der Waals surface area contributed by atoms with Gasteiger partial charge in [-0.25, -0.2) is 4.79 Å². The van der Waals surface area contributed by atoms with Crippen LogP contribution in [0.3, 0.4) is 0 Å². The normalized spacial score (nSPS) is 18.9. The summed E-state index contributed by atoms with van der Waals surface area (Å²) in [6.07, 6.45) is 5.57. The van der Waals surface area contributed by atoms with Crippen molar-refractivity contribution in [2.24, 2.45) is 0 Å². The van der Waals surface area contributed by atoms with Gasteiger partial charge in [0.25, 0.3) is 0 Å². The molecule has 0 unspecified atom stereocenters. The zero-order valence-corrected chi connectivity index (χ0v) is 11.2. The highest BCUT2D eigenvalue weighted by atomic mass is 16.6. The van der Waals surface area contributed by atoms with Gasteiger partial charge in [-0.1, -0.05) is 6.42 Å². The molecule has 1 aliphatic rings. The first-order valence-electron chi connectivity index (χ1n) is 6.08. The molecule has 0 heterocycles. The van der Waals surface area contributed by atoms with Gasteiger partial charge in [-0.2, -0.15) is 0 Å². The summed E-state index contributed by atoms with van der Waals surface area (Å²) in [5.41, 5.74) is -0.812. The number of methoxy groups -OCH3 is 2. The van der Waals surface area contributed by atoms with Crippen LogP contribution < -0.4 is 0 Å². The summed E-state index contributed by atoms with van der Waals surface area (Å²) in [6.45, 7) is 1.36. The van der Waals surface area contributed by atoms with E-state index in [0.29, 0.717) is 18.6 Å². The van der Waals surface area contributed by atoms with Gasteiger partial charge in [0, 0.05) is 6.92 Å². The maximum Gasteiger partial charge on any atom is 0.334 e. The van der Waals surface area contributed by atoms with Gasteiger partial charge >= 0.3 is 11.9 Å². The van der Waals surface area contributed by atoms with Gasteiger partial charge in [0.05, 0.1) is 20.3 Å². The summed E-state index contributed by atoms with van der Waals surface area (Å²) >= 11 is 0. The van der Waals surface area contributed by atoms with E-state index in [9.17, 15) is 9.59 Å². The second-order valence-corrected chi connectivity index (χ2v) is 4.38. The van der Waals surface area contributed by atoms with Crippen molar-refractivity contribution < 1.29 is 23.8 Å². The molecule has 0 bridgehead atoms. The summed E-state index contributed by atoms with van der Waals surface area (Å²) in [6, 6.07) is 0. The molecule has 0 aromatic heterocycles. The number of carbonyl (C=O) groups excluding carboxylic acids is 2. The lowest BCUT2D eigenvalue weighted by Gasteiger charge is -2.37. The Hall–Kier alpha value is -1.52. The molecule has 0 aliphatic heterocycles. The number of rotatable bonds is 4. The third kappa shape index (κ3) is 3.48. The number of hydrogen-bond acceptors (Lipinski definition) is 5. The van der Waals surface area contributed by atoms with Crippen LogP contribution in [0.1, 0.15) is 39.0 Å². The van der Waals surface area contributed by atoms with Crippen LogP contribution in [0, 0.1) is 0 Å². The minimum absolute atomic E-state index is 0.365. The van der Waals surface area contributed by atoms with Crippen LogP contribution in [0.15, 0.2) is 11.8 Å². The van der Waals surface area contributed by atoms with E-state index in [4.69, 9.17) is 9.47 Å². The molecule has 1 saturated carbocycles. The molecule has 102 valence electrons. The second-order valence-electron chi connectivity index (χ2n) is 4.38. The van der Waals surface area contributed by atoms with Crippen molar-refractivity contribution >= 4 is 11.9 Å². The summed E-state index contributed by atoms with van der Waals surface area (Å²) in [5, 5.41) is 0. The fourth-order valence-corrected chi connectivity index (χ4v) is 2.34. The third-order valence-corrected chi connectivity index (χ3v) is 3.12. The van der Waals surface area contributed by atoms with Crippen molar-refractivity contribution in [3.05, 3.63) is 11.8 Å². The third-order valence-electron chi connectivity index (χ3n) is 3.12. The molecule has 0 saturated heterocycles. The van der Waals surface area contributed by atoms with E-state index in [-0.39, 0.29) is 5.97 Å². The fraction of sp³-hybridized carbons (Fsp3) is 0.692. The molecule has 5 heteroatoms. The molecular formula is C13H20O5. The number of ether oxygens (including phenoxy) is 3. The second kappa shape index (κ2) is 6.42. The van der Waals surface area contributed by atoms with E-state index in [1.807, 2.05) is 0 Å². The van der Waals surface area contributed by atoms with Gasteiger partial charge in [-0.15, -0.1) is 0 Å². The summed E-state index contributed by atoms with van der Waals surface area (Å²) in [5.74, 6) is -0.516. The average Bonchev–Trinajstić information content (AvgIpc) is 2.35. The molecule has 0 atom stereocenters. The van der Waals surface area contributed by atoms with Gasteiger partial charge in [0.1, 0.15) is 5.76 Å². The molecule has 0 aromatic rings. The van der Waals surface area contributed by atoms with Crippen LogP contribution in [0.25, 0.3) is 0 Å². The van der Waals surface area contributed by atoms with Crippen molar-refractivity contribution in [1.29, 1.82) is 0 Å². The van der Waals surface area contributed by atoms with Crippen molar-refractivity contribution in [2.45, 2.75) is 44.6 Å². The van der Waals surface area contributed by atoms with Crippen LogP contribution >= 0.6 is 0 Å². The maximum atomic E-state index is 11.3. The van der Waals surface area contributed by atoms with Crippen LogP contribution in [0.2, 0.25) is 0 Å². The first kappa shape index (κ1) is 14.5. The smallest absolute Gasteiger partial charge is 0.334 e. The van der Waals surface area contributed by atoms with Crippen LogP contribution in [0.4, 0.5) is 0 Å². The quantitative estimate of drug-likeness (QED) is 0.437. The highest BCUT2D eigenvalue weighted by Crippen LogP contribution is 2.38. The Morgan fingerprint density at radius 2 is 1.67 bits per heavy atom. The van der Waals surface area contributed by atoms with E-state index >= 15 is 0 Å². The highest BCUT2D eigenvalue weighted by Gasteiger charge is 2.40. The number of carbonyl (C=O) groups is 2. The van der Waals surface area contributed by atoms with E-state index in [0.717, 1.165) is 19.3 Å². The lowest BCUT2D eigenvalue weighted by atomic mass is 9.82. The van der Waals surface area contributed by atoms with Gasteiger partial charge in [0.15, 0.2) is 5.60 Å². The molecule has 0 amide bonds. The van der Waals surface area contributed by atoms with E-state index in [1.54, 1.807) is 0 Å². The van der Waals surface area contributed by atoms with E-state index < -0.39 is 11.6 Å². The molecule has 0 radical (unpaired) electrons. The summed E-state index contributed by atoms with van der Waals surface area (Å²) in [7, 11) is 2.76. The fourth-order valence-electron chi connectivity index (χ4n) is 2.34. The minimum Gasteiger partial charge on any atom is -0.497 e. The minimum atomic E-state index is -0.812. The van der Waals surface area contributed by atoms with Crippen LogP contribution in [-0.2, 0) is 23.8 Å². The molecule has 5 nitrogen and oxygen atoms in total. The lowest BCUT2D eigenvalue weighted by molar-refractivity contribution is -0.160. The Morgan fingerprint density at radius 1 is 1.06 bits per heavy atom. The Kier molecular flexibility index (Phi) is 5.19. The molecule has 0 N–H and O–H groups in total. The van der Waals surface area contributed by atoms with Gasteiger partial charge in [-0.3, -0.25) is 4.79 Å². The first-order chi connectivity index (χ1) is 8.54. The average molecular weight is 256 g/mol. The molecule has 18 heavy (non-hydrogen) atoms. The summed E-state index contributed by atoms with van der Waals surface area (Å²) in [4.78, 5) is 22.6. The molecule has 1 aliphatic carbocycles. The number of hydrogen-bond donors (Lipinski definition) is 0. The van der Waals surface area contributed by atoms with E-state index in [1.165, 1.54) is 27.2 Å². The van der Waals surface area contributed by atoms with Crippen LogP contribution in [0.5, 0.6) is 0 Å². The maximum absolute atomic E-state index is 11.3. The zero-order valence-electron chi connectivity index (χ0n) is 11.2. The van der Waals surface area contributed by atoms with E-state index in [2.05, 4.69) is 4.74 Å². The van der Waals surface area contributed by atoms with Crippen molar-refractivity contribution in [3.63, 3.8) is 0 Å². The SMILES string of the molecule is COC(=O)/C=C(/OC)C1(OC(C)=O)CCCCC1. The predicted molar refractivity (Wildman–Crippen MR) is 64.7 cm³/mol. The molecule has 1 fully saturated rings. The first-order valence-corrected chi connectivity index (χ1v) is 6.08. The van der Waals surface area contributed by atoms with Crippen molar-refractivity contribution in [1.82, 2.24) is 0 Å². The molecule has 0 aromatic carbocycles. The standard InChI is InChI=1S/C13H20O5/c1-10(14)18-13(7-5-4-6-8-13)11(16-2)9-12(15)17-3/h9H,4-8H2,1-3H3/b11-9+. The Bertz CT molecular complexity index is 339. The topological polar surface area (TPSA) is 61.8 Å². The number of esters is 2. The molecule has 0 spiro atoms. The molecule has 1 rings (SSSR count). The Balaban J connectivity index is 3.02. The largest absolute Gasteiger partial charge is 0.497 e. The van der Waals surface area contributed by atoms with Crippen molar-refractivity contribution in [2.75, 3.05) is 14.2 Å². The predicted octanol–water partition coefficient (Wildman–Crippen LogP) is 1.96. The Morgan fingerprint density at radius 3 is 2.11 bits per heavy atom. The highest BCUT2D eigenvalue weighted by molar-refractivity contribution is 5.82. The van der Waals surface area contributed by atoms with Gasteiger partial charge in [-0.05, 0) is 25.7 Å². The van der Waals surface area contributed by atoms with Gasteiger partial charge in [0.2, 0.25) is 0 Å². The summed E-state index contributed by atoms with van der Waals surface area (Å²) < 4.78 is 15.3. The Labute approximate surface area is 107 Å². The monoisotopic (exact) mass is 256 g/mol. The van der Waals surface area contributed by atoms with Crippen molar-refractivity contribution in [3.8, 4) is 0 Å². The van der Waals surface area contributed by atoms with Crippen LogP contribution in [-0.4, -0.2) is 31.8 Å². The van der Waals surface area contributed by atoms with Gasteiger partial charge < -0.3 is 14.2 Å².